The molecule has 3 N–H and O–H groups in total. The second-order valence-corrected chi connectivity index (χ2v) is 5.89. The van der Waals surface area contributed by atoms with E-state index in [2.05, 4.69) is 16.7 Å². The summed E-state index contributed by atoms with van der Waals surface area (Å²) in [5.74, 6) is 0.168. The van der Waals surface area contributed by atoms with Crippen molar-refractivity contribution in [2.45, 2.75) is 31.3 Å². The molecule has 2 unspecified atom stereocenters. The standard InChI is InChI=1S/C16H24N2O3/c1-16(20,7-8-21-2)11-18-15(19)9-12-10-17-14-6-4-3-5-13(12)14/h3-6,12,17,20H,7-11H2,1-2H3,(H,18,19). The van der Waals surface area contributed by atoms with Gasteiger partial charge >= 0.3 is 0 Å². The van der Waals surface area contributed by atoms with Crippen molar-refractivity contribution in [1.29, 1.82) is 0 Å². The summed E-state index contributed by atoms with van der Waals surface area (Å²) in [5.41, 5.74) is 1.37. The second-order valence-electron chi connectivity index (χ2n) is 5.89. The van der Waals surface area contributed by atoms with Gasteiger partial charge in [0, 0.05) is 51.3 Å². The van der Waals surface area contributed by atoms with Crippen LogP contribution in [-0.2, 0) is 9.53 Å². The van der Waals surface area contributed by atoms with Crippen LogP contribution in [0.25, 0.3) is 0 Å². The van der Waals surface area contributed by atoms with E-state index in [1.807, 2.05) is 18.2 Å². The average molecular weight is 292 g/mol. The van der Waals surface area contributed by atoms with Gasteiger partial charge < -0.3 is 20.5 Å². The van der Waals surface area contributed by atoms with Gasteiger partial charge in [0.05, 0.1) is 5.60 Å². The molecule has 0 radical (unpaired) electrons. The Balaban J connectivity index is 1.81. The molecule has 1 aromatic rings. The van der Waals surface area contributed by atoms with Crippen LogP contribution in [0.3, 0.4) is 0 Å². The molecule has 0 saturated heterocycles. The molecule has 1 amide bonds. The Hall–Kier alpha value is -1.59. The predicted molar refractivity (Wildman–Crippen MR) is 82.4 cm³/mol. The fourth-order valence-corrected chi connectivity index (χ4v) is 2.53. The highest BCUT2D eigenvalue weighted by Crippen LogP contribution is 2.32. The maximum Gasteiger partial charge on any atom is 0.220 e. The van der Waals surface area contributed by atoms with E-state index in [9.17, 15) is 9.90 Å². The van der Waals surface area contributed by atoms with Gasteiger partial charge in [-0.1, -0.05) is 18.2 Å². The fraction of sp³-hybridized carbons (Fsp3) is 0.562. The lowest BCUT2D eigenvalue weighted by Crippen LogP contribution is -2.41. The normalized spacial score (nSPS) is 19.5. The Bertz CT molecular complexity index is 488. The number of hydrogen-bond acceptors (Lipinski definition) is 4. The van der Waals surface area contributed by atoms with Crippen molar-refractivity contribution < 1.29 is 14.6 Å². The Morgan fingerprint density at radius 2 is 2.29 bits per heavy atom. The van der Waals surface area contributed by atoms with Crippen molar-refractivity contribution >= 4 is 11.6 Å². The number of nitrogens with one attached hydrogen (secondary N) is 2. The quantitative estimate of drug-likeness (QED) is 0.712. The van der Waals surface area contributed by atoms with E-state index in [1.54, 1.807) is 14.0 Å². The summed E-state index contributed by atoms with van der Waals surface area (Å²) in [6.07, 6.45) is 0.933. The molecule has 0 fully saturated rings. The molecule has 116 valence electrons. The minimum absolute atomic E-state index is 0.0313. The zero-order valence-electron chi connectivity index (χ0n) is 12.7. The molecule has 2 atom stereocenters. The number of methoxy groups -OCH3 is 1. The summed E-state index contributed by atoms with van der Waals surface area (Å²) < 4.78 is 4.95. The number of ether oxygens (including phenoxy) is 1. The summed E-state index contributed by atoms with van der Waals surface area (Å²) in [6, 6.07) is 8.07. The van der Waals surface area contributed by atoms with Crippen molar-refractivity contribution in [2.24, 2.45) is 0 Å². The van der Waals surface area contributed by atoms with Crippen LogP contribution in [0.4, 0.5) is 5.69 Å². The van der Waals surface area contributed by atoms with E-state index in [4.69, 9.17) is 4.74 Å². The topological polar surface area (TPSA) is 70.6 Å². The third-order valence-corrected chi connectivity index (χ3v) is 3.88. The summed E-state index contributed by atoms with van der Waals surface area (Å²) >= 11 is 0. The van der Waals surface area contributed by atoms with Crippen LogP contribution < -0.4 is 10.6 Å². The number of carbonyl (C=O) groups excluding carboxylic acids is 1. The number of para-hydroxylation sites is 1. The van der Waals surface area contributed by atoms with Crippen molar-refractivity contribution in [3.63, 3.8) is 0 Å². The number of rotatable bonds is 7. The van der Waals surface area contributed by atoms with Gasteiger partial charge in [0.25, 0.3) is 0 Å². The van der Waals surface area contributed by atoms with Crippen LogP contribution in [0.5, 0.6) is 0 Å². The van der Waals surface area contributed by atoms with Gasteiger partial charge in [-0.15, -0.1) is 0 Å². The molecule has 0 aliphatic carbocycles. The Kier molecular flexibility index (Phi) is 5.20. The van der Waals surface area contributed by atoms with Gasteiger partial charge in [0.1, 0.15) is 0 Å². The molecular weight excluding hydrogens is 268 g/mol. The van der Waals surface area contributed by atoms with Gasteiger partial charge in [0.2, 0.25) is 5.91 Å². The summed E-state index contributed by atoms with van der Waals surface area (Å²) in [4.78, 5) is 12.0. The molecule has 2 rings (SSSR count). The number of hydrogen-bond donors (Lipinski definition) is 3. The van der Waals surface area contributed by atoms with E-state index in [-0.39, 0.29) is 18.4 Å². The van der Waals surface area contributed by atoms with Crippen LogP contribution >= 0.6 is 0 Å². The van der Waals surface area contributed by atoms with Crippen molar-refractivity contribution in [3.05, 3.63) is 29.8 Å². The van der Waals surface area contributed by atoms with E-state index in [1.165, 1.54) is 5.56 Å². The smallest absolute Gasteiger partial charge is 0.220 e. The van der Waals surface area contributed by atoms with Gasteiger partial charge in [-0.3, -0.25) is 4.79 Å². The van der Waals surface area contributed by atoms with Gasteiger partial charge in [-0.2, -0.15) is 0 Å². The van der Waals surface area contributed by atoms with Crippen molar-refractivity contribution in [2.75, 3.05) is 32.1 Å². The van der Waals surface area contributed by atoms with Crippen LogP contribution in [0, 0.1) is 0 Å². The number of amides is 1. The molecule has 0 bridgehead atoms. The van der Waals surface area contributed by atoms with E-state index < -0.39 is 5.60 Å². The number of carbonyl (C=O) groups is 1. The predicted octanol–water partition coefficient (Wildman–Crippen LogP) is 1.49. The van der Waals surface area contributed by atoms with E-state index >= 15 is 0 Å². The Labute approximate surface area is 125 Å². The molecule has 1 aliphatic heterocycles. The number of anilines is 1. The monoisotopic (exact) mass is 292 g/mol. The minimum atomic E-state index is -0.933. The third kappa shape index (κ3) is 4.44. The molecule has 1 aromatic carbocycles. The lowest BCUT2D eigenvalue weighted by Gasteiger charge is -2.23. The first-order chi connectivity index (χ1) is 10.0. The molecule has 5 nitrogen and oxygen atoms in total. The first-order valence-electron chi connectivity index (χ1n) is 7.32. The molecule has 21 heavy (non-hydrogen) atoms. The van der Waals surface area contributed by atoms with Crippen molar-refractivity contribution in [3.8, 4) is 0 Å². The zero-order chi connectivity index (χ0) is 15.3. The third-order valence-electron chi connectivity index (χ3n) is 3.88. The first kappa shape index (κ1) is 15.8. The summed E-state index contributed by atoms with van der Waals surface area (Å²) in [7, 11) is 1.60. The van der Waals surface area contributed by atoms with E-state index in [0.29, 0.717) is 19.4 Å². The lowest BCUT2D eigenvalue weighted by atomic mass is 9.97. The lowest BCUT2D eigenvalue weighted by molar-refractivity contribution is -0.122. The molecule has 1 heterocycles. The van der Waals surface area contributed by atoms with Crippen LogP contribution in [-0.4, -0.2) is 43.4 Å². The molecule has 0 aromatic heterocycles. The SMILES string of the molecule is COCCC(C)(O)CNC(=O)CC1CNc2ccccc21. The minimum Gasteiger partial charge on any atom is -0.388 e. The maximum atomic E-state index is 12.0. The number of benzene rings is 1. The number of aliphatic hydroxyl groups is 1. The Morgan fingerprint density at radius 3 is 3.05 bits per heavy atom. The molecule has 1 aliphatic rings. The second kappa shape index (κ2) is 6.91. The maximum absolute atomic E-state index is 12.0. The molecule has 5 heteroatoms. The largest absolute Gasteiger partial charge is 0.388 e. The van der Waals surface area contributed by atoms with Gasteiger partial charge in [-0.05, 0) is 18.6 Å². The molecule has 0 spiro atoms. The van der Waals surface area contributed by atoms with Gasteiger partial charge in [0.15, 0.2) is 0 Å². The molecular formula is C16H24N2O3. The Morgan fingerprint density at radius 1 is 1.52 bits per heavy atom. The zero-order valence-corrected chi connectivity index (χ0v) is 12.7. The van der Waals surface area contributed by atoms with Crippen LogP contribution in [0.2, 0.25) is 0 Å². The average Bonchev–Trinajstić information content (AvgIpc) is 2.87. The van der Waals surface area contributed by atoms with Crippen molar-refractivity contribution in [1.82, 2.24) is 5.32 Å². The highest BCUT2D eigenvalue weighted by Gasteiger charge is 2.25. The number of fused-ring (bicyclic) bond motifs is 1. The summed E-state index contributed by atoms with van der Waals surface area (Å²) in [5, 5.41) is 16.2. The van der Waals surface area contributed by atoms with Crippen LogP contribution in [0.1, 0.15) is 31.2 Å². The first-order valence-corrected chi connectivity index (χ1v) is 7.32. The van der Waals surface area contributed by atoms with E-state index in [0.717, 1.165) is 12.2 Å². The fourth-order valence-electron chi connectivity index (χ4n) is 2.53. The molecule has 0 saturated carbocycles. The highest BCUT2D eigenvalue weighted by atomic mass is 16.5. The van der Waals surface area contributed by atoms with Gasteiger partial charge in [-0.25, -0.2) is 0 Å². The summed E-state index contributed by atoms with van der Waals surface area (Å²) in [6.45, 7) is 3.21. The van der Waals surface area contributed by atoms with Crippen LogP contribution in [0.15, 0.2) is 24.3 Å². The highest BCUT2D eigenvalue weighted by molar-refractivity contribution is 5.78.